The van der Waals surface area contributed by atoms with Gasteiger partial charge in [0, 0.05) is 38.3 Å². The van der Waals surface area contributed by atoms with Gasteiger partial charge in [0.05, 0.1) is 16.6 Å². The molecule has 1 aromatic heterocycles. The van der Waals surface area contributed by atoms with Gasteiger partial charge in [0.2, 0.25) is 11.9 Å². The summed E-state index contributed by atoms with van der Waals surface area (Å²) in [7, 11) is 0. The number of imidazole rings is 1. The third kappa shape index (κ3) is 4.07. The number of anilines is 2. The first-order valence-electron chi connectivity index (χ1n) is 10.2. The largest absolute Gasteiger partial charge is 0.507 e. The minimum Gasteiger partial charge on any atom is -0.507 e. The lowest BCUT2D eigenvalue weighted by Crippen LogP contribution is -2.35. The maximum absolute atomic E-state index is 13.1. The van der Waals surface area contributed by atoms with Crippen LogP contribution < -0.4 is 10.2 Å². The van der Waals surface area contributed by atoms with Crippen LogP contribution in [0.4, 0.5) is 11.6 Å². The van der Waals surface area contributed by atoms with Crippen molar-refractivity contribution >= 4 is 34.5 Å². The molecule has 3 N–H and O–H groups in total. The molecule has 2 aromatic carbocycles. The summed E-state index contributed by atoms with van der Waals surface area (Å²) in [5.74, 6) is 0.326. The fourth-order valence-corrected chi connectivity index (χ4v) is 3.63. The lowest BCUT2D eigenvalue weighted by molar-refractivity contribution is -0.115. The molecule has 4 rings (SSSR count). The predicted molar refractivity (Wildman–Crippen MR) is 116 cm³/mol. The van der Waals surface area contributed by atoms with Crippen LogP contribution in [0.25, 0.3) is 11.0 Å². The minimum absolute atomic E-state index is 0.0899. The van der Waals surface area contributed by atoms with Gasteiger partial charge in [0.1, 0.15) is 5.75 Å². The Hall–Kier alpha value is -3.55. The van der Waals surface area contributed by atoms with E-state index in [1.807, 2.05) is 24.3 Å². The first-order valence-corrected chi connectivity index (χ1v) is 10.2. The van der Waals surface area contributed by atoms with Gasteiger partial charge in [-0.3, -0.25) is 9.59 Å². The molecule has 0 spiro atoms. The fraction of sp³-hybridized carbons (Fsp3) is 0.318. The number of para-hydroxylation sites is 2. The number of hydrogen-bond acceptors (Lipinski definition) is 5. The molecule has 0 radical (unpaired) electrons. The first-order chi connectivity index (χ1) is 14.5. The summed E-state index contributed by atoms with van der Waals surface area (Å²) in [5, 5.41) is 13.0. The smallest absolute Gasteiger partial charge is 0.257 e. The first kappa shape index (κ1) is 19.8. The van der Waals surface area contributed by atoms with E-state index < -0.39 is 0 Å². The Bertz CT molecular complexity index is 1040. The number of H-pyrrole nitrogens is 1. The maximum Gasteiger partial charge on any atom is 0.257 e. The number of rotatable bonds is 4. The fourth-order valence-electron chi connectivity index (χ4n) is 3.63. The topological polar surface area (TPSA) is 102 Å². The molecular formula is C22H25N5O3. The maximum atomic E-state index is 13.1. The molecule has 156 valence electrons. The van der Waals surface area contributed by atoms with Gasteiger partial charge in [0.15, 0.2) is 0 Å². The van der Waals surface area contributed by atoms with Crippen molar-refractivity contribution in [2.75, 3.05) is 36.4 Å². The van der Waals surface area contributed by atoms with Crippen LogP contribution in [0, 0.1) is 0 Å². The highest BCUT2D eigenvalue weighted by Gasteiger charge is 2.24. The van der Waals surface area contributed by atoms with E-state index in [4.69, 9.17) is 0 Å². The second-order valence-electron chi connectivity index (χ2n) is 7.34. The highest BCUT2D eigenvalue weighted by Crippen LogP contribution is 2.25. The number of amides is 2. The van der Waals surface area contributed by atoms with Crippen molar-refractivity contribution in [3.8, 4) is 5.75 Å². The molecule has 0 unspecified atom stereocenters. The number of benzene rings is 2. The molecule has 0 atom stereocenters. The number of aromatic nitrogens is 2. The molecule has 1 aliphatic heterocycles. The quantitative estimate of drug-likeness (QED) is 0.577. The SMILES string of the molecule is CCC(=O)Nc1ccc(O)c(C(=O)N2CCCN(c3nc4ccccc4[nH]3)CC2)c1. The summed E-state index contributed by atoms with van der Waals surface area (Å²) >= 11 is 0. The summed E-state index contributed by atoms with van der Waals surface area (Å²) in [4.78, 5) is 36.6. The molecule has 8 heteroatoms. The number of carbonyl (C=O) groups is 2. The summed E-state index contributed by atoms with van der Waals surface area (Å²) in [6, 6.07) is 12.5. The molecule has 0 aliphatic carbocycles. The molecule has 0 bridgehead atoms. The number of phenolic OH excluding ortho intramolecular Hbond substituents is 1. The van der Waals surface area contributed by atoms with E-state index >= 15 is 0 Å². The van der Waals surface area contributed by atoms with E-state index in [1.54, 1.807) is 17.9 Å². The number of nitrogens with zero attached hydrogens (tertiary/aromatic N) is 3. The molecule has 1 aliphatic rings. The minimum atomic E-state index is -0.244. The van der Waals surface area contributed by atoms with Gasteiger partial charge < -0.3 is 25.2 Å². The number of aromatic amines is 1. The standard InChI is InChI=1S/C22H25N5O3/c1-2-20(29)23-15-8-9-19(28)16(14-15)21(30)26-10-5-11-27(13-12-26)22-24-17-6-3-4-7-18(17)25-22/h3-4,6-9,14,28H,2,5,10-13H2,1H3,(H,23,29)(H,24,25). The van der Waals surface area contributed by atoms with Crippen LogP contribution in [0.2, 0.25) is 0 Å². The van der Waals surface area contributed by atoms with E-state index in [0.29, 0.717) is 31.7 Å². The Balaban J connectivity index is 1.48. The van der Waals surface area contributed by atoms with Crippen molar-refractivity contribution in [3.63, 3.8) is 0 Å². The number of carbonyl (C=O) groups excluding carboxylic acids is 2. The summed E-state index contributed by atoms with van der Waals surface area (Å²) in [6.07, 6.45) is 1.13. The molecule has 1 saturated heterocycles. The molecular weight excluding hydrogens is 382 g/mol. The lowest BCUT2D eigenvalue weighted by Gasteiger charge is -2.22. The number of aromatic hydroxyl groups is 1. The summed E-state index contributed by atoms with van der Waals surface area (Å²) in [6.45, 7) is 4.27. The van der Waals surface area contributed by atoms with Crippen molar-refractivity contribution in [1.29, 1.82) is 0 Å². The number of phenols is 1. The molecule has 2 heterocycles. The third-order valence-electron chi connectivity index (χ3n) is 5.29. The summed E-state index contributed by atoms with van der Waals surface area (Å²) < 4.78 is 0. The average molecular weight is 407 g/mol. The van der Waals surface area contributed by atoms with Crippen LogP contribution in [0.3, 0.4) is 0 Å². The van der Waals surface area contributed by atoms with Gasteiger partial charge in [-0.2, -0.15) is 0 Å². The molecule has 30 heavy (non-hydrogen) atoms. The van der Waals surface area contributed by atoms with E-state index in [2.05, 4.69) is 20.2 Å². The van der Waals surface area contributed by atoms with Crippen molar-refractivity contribution in [2.24, 2.45) is 0 Å². The second-order valence-corrected chi connectivity index (χ2v) is 7.34. The van der Waals surface area contributed by atoms with Gasteiger partial charge in [-0.1, -0.05) is 19.1 Å². The number of fused-ring (bicyclic) bond motifs is 1. The lowest BCUT2D eigenvalue weighted by atomic mass is 10.1. The monoisotopic (exact) mass is 407 g/mol. The van der Waals surface area contributed by atoms with Crippen LogP contribution in [0.5, 0.6) is 5.75 Å². The number of nitrogens with one attached hydrogen (secondary N) is 2. The van der Waals surface area contributed by atoms with E-state index in [-0.39, 0.29) is 23.1 Å². The molecule has 1 fully saturated rings. The van der Waals surface area contributed by atoms with E-state index in [9.17, 15) is 14.7 Å². The Morgan fingerprint density at radius 2 is 1.97 bits per heavy atom. The molecule has 0 saturated carbocycles. The van der Waals surface area contributed by atoms with Gasteiger partial charge in [0.25, 0.3) is 5.91 Å². The Morgan fingerprint density at radius 3 is 2.77 bits per heavy atom. The van der Waals surface area contributed by atoms with E-state index in [1.165, 1.54) is 12.1 Å². The van der Waals surface area contributed by atoms with Crippen LogP contribution in [-0.2, 0) is 4.79 Å². The highest BCUT2D eigenvalue weighted by atomic mass is 16.3. The van der Waals surface area contributed by atoms with Crippen LogP contribution in [-0.4, -0.2) is 58.0 Å². The molecule has 8 nitrogen and oxygen atoms in total. The van der Waals surface area contributed by atoms with Crippen LogP contribution >= 0.6 is 0 Å². The zero-order chi connectivity index (χ0) is 21.1. The van der Waals surface area contributed by atoms with Gasteiger partial charge in [-0.25, -0.2) is 4.98 Å². The van der Waals surface area contributed by atoms with Crippen molar-refractivity contribution in [2.45, 2.75) is 19.8 Å². The Kier molecular flexibility index (Phi) is 5.56. The van der Waals surface area contributed by atoms with Crippen molar-refractivity contribution < 1.29 is 14.7 Å². The van der Waals surface area contributed by atoms with Crippen LogP contribution in [0.1, 0.15) is 30.1 Å². The summed E-state index contributed by atoms with van der Waals surface area (Å²) in [5.41, 5.74) is 2.60. The normalized spacial score (nSPS) is 14.6. The highest BCUT2D eigenvalue weighted by molar-refractivity contribution is 5.99. The molecule has 3 aromatic rings. The van der Waals surface area contributed by atoms with Gasteiger partial charge >= 0.3 is 0 Å². The van der Waals surface area contributed by atoms with Gasteiger partial charge in [-0.05, 0) is 36.8 Å². The van der Waals surface area contributed by atoms with Crippen molar-refractivity contribution in [3.05, 3.63) is 48.0 Å². The Morgan fingerprint density at radius 1 is 1.13 bits per heavy atom. The zero-order valence-corrected chi connectivity index (χ0v) is 16.9. The van der Waals surface area contributed by atoms with Crippen LogP contribution in [0.15, 0.2) is 42.5 Å². The molecule has 2 amide bonds. The van der Waals surface area contributed by atoms with Crippen molar-refractivity contribution in [1.82, 2.24) is 14.9 Å². The predicted octanol–water partition coefficient (Wildman–Crippen LogP) is 2.97. The third-order valence-corrected chi connectivity index (χ3v) is 5.29. The number of hydrogen-bond donors (Lipinski definition) is 3. The second kappa shape index (κ2) is 8.44. The zero-order valence-electron chi connectivity index (χ0n) is 16.9. The Labute approximate surface area is 174 Å². The van der Waals surface area contributed by atoms with Gasteiger partial charge in [-0.15, -0.1) is 0 Å². The van der Waals surface area contributed by atoms with E-state index in [0.717, 1.165) is 29.9 Å². The average Bonchev–Trinajstić information content (AvgIpc) is 3.04.